The smallest absolute Gasteiger partial charge is 0.139 e. The third-order valence-corrected chi connectivity index (χ3v) is 4.07. The lowest BCUT2D eigenvalue weighted by Crippen LogP contribution is -2.46. The number of aromatic nitrogens is 2. The summed E-state index contributed by atoms with van der Waals surface area (Å²) in [6, 6.07) is 4.17. The fraction of sp³-hybridized carbons (Fsp3) is 0.533. The van der Waals surface area contributed by atoms with Gasteiger partial charge >= 0.3 is 0 Å². The first-order valence-corrected chi connectivity index (χ1v) is 7.25. The van der Waals surface area contributed by atoms with Crippen LogP contribution in [-0.4, -0.2) is 63.6 Å². The van der Waals surface area contributed by atoms with Crippen LogP contribution < -0.4 is 0 Å². The molecule has 0 atom stereocenters. The first kappa shape index (κ1) is 13.5. The Morgan fingerprint density at radius 2 is 1.95 bits per heavy atom. The molecule has 1 fully saturated rings. The Labute approximate surface area is 119 Å². The summed E-state index contributed by atoms with van der Waals surface area (Å²) in [6.07, 6.45) is 4.08. The van der Waals surface area contributed by atoms with Crippen LogP contribution in [0.25, 0.3) is 5.65 Å². The van der Waals surface area contributed by atoms with Gasteiger partial charge in [0.2, 0.25) is 0 Å². The quantitative estimate of drug-likeness (QED) is 0.894. The molecule has 5 nitrogen and oxygen atoms in total. The van der Waals surface area contributed by atoms with Crippen LogP contribution in [0.15, 0.2) is 24.5 Å². The zero-order valence-electron chi connectivity index (χ0n) is 12.0. The highest BCUT2D eigenvalue weighted by Crippen LogP contribution is 2.13. The van der Waals surface area contributed by atoms with Crippen molar-refractivity contribution in [1.29, 1.82) is 0 Å². The lowest BCUT2D eigenvalue weighted by molar-refractivity contribution is 0.107. The number of nitrogens with zero attached hydrogens (tertiary/aromatic N) is 4. The van der Waals surface area contributed by atoms with Crippen LogP contribution in [0.4, 0.5) is 0 Å². The molecule has 0 saturated carbocycles. The van der Waals surface area contributed by atoms with Crippen molar-refractivity contribution in [2.45, 2.75) is 13.5 Å². The molecule has 0 spiro atoms. The predicted molar refractivity (Wildman–Crippen MR) is 78.7 cm³/mol. The normalized spacial score (nSPS) is 17.9. The van der Waals surface area contributed by atoms with Gasteiger partial charge < -0.3 is 9.51 Å². The highest BCUT2D eigenvalue weighted by molar-refractivity contribution is 5.48. The number of aliphatic hydroxyl groups is 1. The number of hydrogen-bond acceptors (Lipinski definition) is 4. The molecule has 1 aliphatic heterocycles. The number of piperazine rings is 1. The van der Waals surface area contributed by atoms with Crippen LogP contribution in [0.1, 0.15) is 11.3 Å². The number of hydrogen-bond donors (Lipinski definition) is 1. The summed E-state index contributed by atoms with van der Waals surface area (Å²) in [5.41, 5.74) is 3.52. The monoisotopic (exact) mass is 274 g/mol. The second-order valence-corrected chi connectivity index (χ2v) is 5.48. The van der Waals surface area contributed by atoms with Gasteiger partial charge in [0.15, 0.2) is 0 Å². The molecule has 0 amide bonds. The number of fused-ring (bicyclic) bond motifs is 1. The summed E-state index contributed by atoms with van der Waals surface area (Å²) in [6.45, 7) is 8.28. The number of pyridine rings is 1. The number of imidazole rings is 1. The lowest BCUT2D eigenvalue weighted by atomic mass is 10.3. The molecule has 2 aromatic heterocycles. The SMILES string of the molecule is Cc1cccn2c(CN3CCN(CCO)CC3)cnc12. The van der Waals surface area contributed by atoms with Gasteiger partial charge in [0.1, 0.15) is 5.65 Å². The standard InChI is InChI=1S/C15H22N4O/c1-13-3-2-4-19-14(11-16-15(13)19)12-18-7-5-17(6-8-18)9-10-20/h2-4,11,20H,5-10,12H2,1H3. The van der Waals surface area contributed by atoms with E-state index in [4.69, 9.17) is 5.11 Å². The number of β-amino-alcohol motifs (C(OH)–C–C–N with tert-alkyl or cyclic N) is 1. The van der Waals surface area contributed by atoms with Crippen molar-refractivity contribution in [2.24, 2.45) is 0 Å². The predicted octanol–water partition coefficient (Wildman–Crippen LogP) is 0.753. The number of aliphatic hydroxyl groups excluding tert-OH is 1. The van der Waals surface area contributed by atoms with Crippen molar-refractivity contribution in [3.8, 4) is 0 Å². The van der Waals surface area contributed by atoms with Crippen LogP contribution in [0.3, 0.4) is 0 Å². The van der Waals surface area contributed by atoms with Gasteiger partial charge in [-0.1, -0.05) is 6.07 Å². The Morgan fingerprint density at radius 1 is 1.20 bits per heavy atom. The van der Waals surface area contributed by atoms with Gasteiger partial charge in [0, 0.05) is 45.5 Å². The van der Waals surface area contributed by atoms with Crippen LogP contribution in [0.2, 0.25) is 0 Å². The molecule has 1 N–H and O–H groups in total. The van der Waals surface area contributed by atoms with Gasteiger partial charge in [-0.2, -0.15) is 0 Å². The van der Waals surface area contributed by atoms with Crippen LogP contribution in [0, 0.1) is 6.92 Å². The van der Waals surface area contributed by atoms with Crippen molar-refractivity contribution >= 4 is 5.65 Å². The number of aryl methyl sites for hydroxylation is 1. The zero-order chi connectivity index (χ0) is 13.9. The van der Waals surface area contributed by atoms with E-state index in [1.54, 1.807) is 0 Å². The largest absolute Gasteiger partial charge is 0.395 e. The van der Waals surface area contributed by atoms with Gasteiger partial charge in [0.05, 0.1) is 18.5 Å². The summed E-state index contributed by atoms with van der Waals surface area (Å²) in [4.78, 5) is 9.29. The van der Waals surface area contributed by atoms with Crippen molar-refractivity contribution < 1.29 is 5.11 Å². The molecule has 5 heteroatoms. The Hall–Kier alpha value is -1.43. The van der Waals surface area contributed by atoms with E-state index >= 15 is 0 Å². The average molecular weight is 274 g/mol. The van der Waals surface area contributed by atoms with Gasteiger partial charge in [-0.15, -0.1) is 0 Å². The second-order valence-electron chi connectivity index (χ2n) is 5.48. The lowest BCUT2D eigenvalue weighted by Gasteiger charge is -2.34. The minimum atomic E-state index is 0.256. The summed E-state index contributed by atoms with van der Waals surface area (Å²) in [7, 11) is 0. The Bertz CT molecular complexity index is 572. The third kappa shape index (κ3) is 2.70. The van der Waals surface area contributed by atoms with E-state index in [0.717, 1.165) is 44.9 Å². The molecule has 3 heterocycles. The summed E-state index contributed by atoms with van der Waals surface area (Å²) < 4.78 is 2.19. The number of rotatable bonds is 4. The minimum absolute atomic E-state index is 0.256. The molecule has 20 heavy (non-hydrogen) atoms. The molecule has 0 unspecified atom stereocenters. The van der Waals surface area contributed by atoms with E-state index in [1.807, 2.05) is 6.20 Å². The van der Waals surface area contributed by atoms with E-state index in [9.17, 15) is 0 Å². The summed E-state index contributed by atoms with van der Waals surface area (Å²) in [5, 5.41) is 8.97. The maximum Gasteiger partial charge on any atom is 0.139 e. The highest BCUT2D eigenvalue weighted by Gasteiger charge is 2.17. The molecule has 1 saturated heterocycles. The maximum atomic E-state index is 8.97. The molecule has 108 valence electrons. The van der Waals surface area contributed by atoms with E-state index in [2.05, 4.69) is 44.4 Å². The summed E-state index contributed by atoms with van der Waals surface area (Å²) in [5.74, 6) is 0. The van der Waals surface area contributed by atoms with Crippen molar-refractivity contribution in [3.05, 3.63) is 35.8 Å². The molecule has 0 bridgehead atoms. The molecule has 3 rings (SSSR count). The molecular formula is C15H22N4O. The fourth-order valence-electron chi connectivity index (χ4n) is 2.86. The van der Waals surface area contributed by atoms with Gasteiger partial charge in [-0.25, -0.2) is 4.98 Å². The van der Waals surface area contributed by atoms with Crippen LogP contribution in [0.5, 0.6) is 0 Å². The Balaban J connectivity index is 1.67. The molecule has 0 radical (unpaired) electrons. The van der Waals surface area contributed by atoms with Gasteiger partial charge in [0.25, 0.3) is 0 Å². The Kier molecular flexibility index (Phi) is 4.00. The van der Waals surface area contributed by atoms with E-state index < -0.39 is 0 Å². The average Bonchev–Trinajstić information content (AvgIpc) is 2.86. The minimum Gasteiger partial charge on any atom is -0.395 e. The Morgan fingerprint density at radius 3 is 2.70 bits per heavy atom. The van der Waals surface area contributed by atoms with Crippen LogP contribution in [-0.2, 0) is 6.54 Å². The second kappa shape index (κ2) is 5.91. The van der Waals surface area contributed by atoms with Gasteiger partial charge in [-0.3, -0.25) is 9.80 Å². The molecule has 2 aromatic rings. The highest BCUT2D eigenvalue weighted by atomic mass is 16.3. The first-order valence-electron chi connectivity index (χ1n) is 7.25. The van der Waals surface area contributed by atoms with E-state index in [1.165, 1.54) is 11.3 Å². The van der Waals surface area contributed by atoms with Crippen molar-refractivity contribution in [3.63, 3.8) is 0 Å². The van der Waals surface area contributed by atoms with Crippen molar-refractivity contribution in [2.75, 3.05) is 39.3 Å². The first-order chi connectivity index (χ1) is 9.78. The zero-order valence-corrected chi connectivity index (χ0v) is 12.0. The molecule has 0 aromatic carbocycles. The third-order valence-electron chi connectivity index (χ3n) is 4.07. The molecular weight excluding hydrogens is 252 g/mol. The topological polar surface area (TPSA) is 44.0 Å². The maximum absolute atomic E-state index is 8.97. The van der Waals surface area contributed by atoms with Crippen molar-refractivity contribution in [1.82, 2.24) is 19.2 Å². The summed E-state index contributed by atoms with van der Waals surface area (Å²) >= 11 is 0. The fourth-order valence-corrected chi connectivity index (χ4v) is 2.86. The molecule has 0 aliphatic carbocycles. The van der Waals surface area contributed by atoms with E-state index in [0.29, 0.717) is 0 Å². The van der Waals surface area contributed by atoms with E-state index in [-0.39, 0.29) is 6.61 Å². The molecule has 1 aliphatic rings. The van der Waals surface area contributed by atoms with Crippen LogP contribution >= 0.6 is 0 Å². The van der Waals surface area contributed by atoms with Gasteiger partial charge in [-0.05, 0) is 18.6 Å².